The molecule has 2 aromatic rings. The van der Waals surface area contributed by atoms with Gasteiger partial charge in [0.1, 0.15) is 5.75 Å². The summed E-state index contributed by atoms with van der Waals surface area (Å²) in [6.07, 6.45) is 0. The van der Waals surface area contributed by atoms with Crippen LogP contribution < -0.4 is 4.74 Å². The number of aryl methyl sites for hydroxylation is 1. The molecule has 1 unspecified atom stereocenters. The minimum Gasteiger partial charge on any atom is -0.496 e. The first kappa shape index (κ1) is 14.9. The lowest BCUT2D eigenvalue weighted by molar-refractivity contribution is 0.411. The molecule has 1 nitrogen and oxygen atoms in total. The minimum atomic E-state index is -1.46. The zero-order valence-electron chi connectivity index (χ0n) is 10.9. The molecule has 0 aromatic heterocycles. The Bertz CT molecular complexity index is 620. The molecule has 1 atom stereocenters. The third kappa shape index (κ3) is 2.82. The summed E-state index contributed by atoms with van der Waals surface area (Å²) in [4.78, 5) is -0.434. The van der Waals surface area contributed by atoms with Crippen LogP contribution in [0.3, 0.4) is 0 Å². The van der Waals surface area contributed by atoms with Crippen molar-refractivity contribution in [3.63, 3.8) is 0 Å². The molecule has 0 aliphatic heterocycles. The standard InChI is InChI=1S/C15H12BrF3O/c1-8-5-9(3-4-13(8)20-2)14(16)10-6-11(17)15(19)12(18)7-10/h3-7,14H,1-2H3. The van der Waals surface area contributed by atoms with E-state index in [1.807, 2.05) is 13.0 Å². The highest BCUT2D eigenvalue weighted by Crippen LogP contribution is 2.34. The van der Waals surface area contributed by atoms with Crippen molar-refractivity contribution in [2.24, 2.45) is 0 Å². The Morgan fingerprint density at radius 1 is 1.00 bits per heavy atom. The Balaban J connectivity index is 2.41. The third-order valence-corrected chi connectivity index (χ3v) is 4.07. The number of hydrogen-bond acceptors (Lipinski definition) is 1. The summed E-state index contributed by atoms with van der Waals surface area (Å²) < 4.78 is 44.6. The molecule has 5 heteroatoms. The molecular weight excluding hydrogens is 333 g/mol. The Kier molecular flexibility index (Phi) is 4.38. The number of benzene rings is 2. The monoisotopic (exact) mass is 344 g/mol. The largest absolute Gasteiger partial charge is 0.496 e. The maximum Gasteiger partial charge on any atom is 0.194 e. The van der Waals surface area contributed by atoms with E-state index in [-0.39, 0.29) is 0 Å². The molecule has 0 aliphatic carbocycles. The maximum absolute atomic E-state index is 13.3. The fraction of sp³-hybridized carbons (Fsp3) is 0.200. The average Bonchev–Trinajstić information content (AvgIpc) is 2.43. The van der Waals surface area contributed by atoms with Crippen LogP contribution in [0.4, 0.5) is 13.2 Å². The van der Waals surface area contributed by atoms with Crippen LogP contribution in [0.25, 0.3) is 0 Å². The second kappa shape index (κ2) is 5.87. The summed E-state index contributed by atoms with van der Waals surface area (Å²) in [7, 11) is 1.57. The topological polar surface area (TPSA) is 9.23 Å². The van der Waals surface area contributed by atoms with Gasteiger partial charge in [-0.3, -0.25) is 0 Å². The van der Waals surface area contributed by atoms with Crippen molar-refractivity contribution in [3.05, 3.63) is 64.5 Å². The zero-order chi connectivity index (χ0) is 14.9. The molecule has 2 rings (SSSR count). The lowest BCUT2D eigenvalue weighted by Crippen LogP contribution is -1.99. The van der Waals surface area contributed by atoms with E-state index in [2.05, 4.69) is 15.9 Å². The number of rotatable bonds is 3. The van der Waals surface area contributed by atoms with Gasteiger partial charge in [-0.05, 0) is 41.8 Å². The molecule has 0 saturated heterocycles. The number of ether oxygens (including phenoxy) is 1. The van der Waals surface area contributed by atoms with Crippen molar-refractivity contribution < 1.29 is 17.9 Å². The predicted octanol–water partition coefficient (Wildman–Crippen LogP) is 4.91. The van der Waals surface area contributed by atoms with Gasteiger partial charge in [0.15, 0.2) is 17.5 Å². The van der Waals surface area contributed by atoms with E-state index in [9.17, 15) is 13.2 Å². The van der Waals surface area contributed by atoms with Crippen molar-refractivity contribution in [1.82, 2.24) is 0 Å². The van der Waals surface area contributed by atoms with E-state index in [0.29, 0.717) is 5.56 Å². The van der Waals surface area contributed by atoms with Crippen LogP contribution in [0, 0.1) is 24.4 Å². The van der Waals surface area contributed by atoms with Crippen molar-refractivity contribution >= 4 is 15.9 Å². The van der Waals surface area contributed by atoms with E-state index >= 15 is 0 Å². The average molecular weight is 345 g/mol. The molecule has 0 spiro atoms. The van der Waals surface area contributed by atoms with Gasteiger partial charge in [-0.15, -0.1) is 0 Å². The fourth-order valence-electron chi connectivity index (χ4n) is 1.97. The Morgan fingerprint density at radius 3 is 2.10 bits per heavy atom. The molecular formula is C15H12BrF3O. The first-order valence-electron chi connectivity index (χ1n) is 5.87. The van der Waals surface area contributed by atoms with Crippen LogP contribution in [-0.4, -0.2) is 7.11 Å². The predicted molar refractivity (Wildman–Crippen MR) is 74.8 cm³/mol. The smallest absolute Gasteiger partial charge is 0.194 e. The molecule has 20 heavy (non-hydrogen) atoms. The van der Waals surface area contributed by atoms with Gasteiger partial charge in [0.25, 0.3) is 0 Å². The first-order chi connectivity index (χ1) is 9.43. The second-order valence-corrected chi connectivity index (χ2v) is 5.31. The molecule has 106 valence electrons. The normalized spacial score (nSPS) is 12.3. The van der Waals surface area contributed by atoms with Crippen LogP contribution in [0.15, 0.2) is 30.3 Å². The summed E-state index contributed by atoms with van der Waals surface area (Å²) in [6, 6.07) is 7.37. The highest BCUT2D eigenvalue weighted by molar-refractivity contribution is 9.09. The van der Waals surface area contributed by atoms with Gasteiger partial charge >= 0.3 is 0 Å². The first-order valence-corrected chi connectivity index (χ1v) is 6.78. The van der Waals surface area contributed by atoms with Crippen molar-refractivity contribution in [3.8, 4) is 5.75 Å². The lowest BCUT2D eigenvalue weighted by atomic mass is 10.0. The molecule has 0 bridgehead atoms. The molecule has 2 aromatic carbocycles. The molecule has 0 heterocycles. The van der Waals surface area contributed by atoms with Crippen molar-refractivity contribution in [1.29, 1.82) is 0 Å². The van der Waals surface area contributed by atoms with E-state index in [0.717, 1.165) is 29.0 Å². The van der Waals surface area contributed by atoms with Gasteiger partial charge < -0.3 is 4.74 Å². The highest BCUT2D eigenvalue weighted by atomic mass is 79.9. The van der Waals surface area contributed by atoms with Gasteiger partial charge in [-0.2, -0.15) is 0 Å². The molecule has 0 radical (unpaired) electrons. The summed E-state index contributed by atoms with van der Waals surface area (Å²) in [5.74, 6) is -3.13. The van der Waals surface area contributed by atoms with E-state index in [1.165, 1.54) is 0 Å². The summed E-state index contributed by atoms with van der Waals surface area (Å²) in [5.41, 5.74) is 2.01. The minimum absolute atomic E-state index is 0.311. The Labute approximate surface area is 123 Å². The molecule has 0 amide bonds. The molecule has 0 fully saturated rings. The van der Waals surface area contributed by atoms with Crippen molar-refractivity contribution in [2.45, 2.75) is 11.8 Å². The van der Waals surface area contributed by atoms with Gasteiger partial charge in [0.2, 0.25) is 0 Å². The lowest BCUT2D eigenvalue weighted by Gasteiger charge is -2.14. The summed E-state index contributed by atoms with van der Waals surface area (Å²) in [5, 5.41) is 0. The van der Waals surface area contributed by atoms with E-state index < -0.39 is 22.3 Å². The third-order valence-electron chi connectivity index (χ3n) is 3.01. The SMILES string of the molecule is COc1ccc(C(Br)c2cc(F)c(F)c(F)c2)cc1C. The van der Waals surface area contributed by atoms with Crippen molar-refractivity contribution in [2.75, 3.05) is 7.11 Å². The van der Waals surface area contributed by atoms with Crippen LogP contribution in [-0.2, 0) is 0 Å². The van der Waals surface area contributed by atoms with E-state index in [1.54, 1.807) is 19.2 Å². The fourth-order valence-corrected chi connectivity index (χ4v) is 2.52. The highest BCUT2D eigenvalue weighted by Gasteiger charge is 2.17. The number of hydrogen-bond donors (Lipinski definition) is 0. The maximum atomic E-state index is 13.3. The quantitative estimate of drug-likeness (QED) is 0.568. The molecule has 0 aliphatic rings. The van der Waals surface area contributed by atoms with Gasteiger partial charge in [-0.1, -0.05) is 28.1 Å². The summed E-state index contributed by atoms with van der Waals surface area (Å²) in [6.45, 7) is 1.87. The summed E-state index contributed by atoms with van der Waals surface area (Å²) >= 11 is 3.37. The van der Waals surface area contributed by atoms with Gasteiger partial charge in [0.05, 0.1) is 11.9 Å². The Hall–Kier alpha value is -1.49. The second-order valence-electron chi connectivity index (χ2n) is 4.39. The van der Waals surface area contributed by atoms with Crippen LogP contribution in [0.5, 0.6) is 5.75 Å². The number of alkyl halides is 1. The number of halogens is 4. The Morgan fingerprint density at radius 2 is 1.60 bits per heavy atom. The molecule has 0 saturated carbocycles. The van der Waals surface area contributed by atoms with E-state index in [4.69, 9.17) is 4.74 Å². The van der Waals surface area contributed by atoms with Gasteiger partial charge in [0, 0.05) is 0 Å². The zero-order valence-corrected chi connectivity index (χ0v) is 12.5. The van der Waals surface area contributed by atoms with Crippen LogP contribution in [0.1, 0.15) is 21.5 Å². The van der Waals surface area contributed by atoms with Crippen LogP contribution in [0.2, 0.25) is 0 Å². The molecule has 0 N–H and O–H groups in total. The van der Waals surface area contributed by atoms with Crippen LogP contribution >= 0.6 is 15.9 Å². The van der Waals surface area contributed by atoms with Gasteiger partial charge in [-0.25, -0.2) is 13.2 Å². The number of methoxy groups -OCH3 is 1.